The molecule has 0 spiro atoms. The number of amides is 2. The van der Waals surface area contributed by atoms with Gasteiger partial charge in [0.15, 0.2) is 11.5 Å². The Balaban J connectivity index is 1.60. The van der Waals surface area contributed by atoms with Crippen LogP contribution in [0.2, 0.25) is 5.02 Å². The largest absolute Gasteiger partial charge is 0.415 e. The molecule has 0 bridgehead atoms. The number of carbonyl (C=O) groups excluding carboxylic acids is 3. The van der Waals surface area contributed by atoms with E-state index in [1.54, 1.807) is 11.0 Å². The first kappa shape index (κ1) is 23.6. The number of carbonyl (C=O) groups is 3. The molecule has 170 valence electrons. The Labute approximate surface area is 189 Å². The third-order valence-corrected chi connectivity index (χ3v) is 7.21. The van der Waals surface area contributed by atoms with Gasteiger partial charge in [0, 0.05) is 19.5 Å². The molecule has 2 fully saturated rings. The van der Waals surface area contributed by atoms with E-state index in [0.29, 0.717) is 36.2 Å². The lowest BCUT2D eigenvalue weighted by Gasteiger charge is -2.40. The predicted octanol–water partition coefficient (Wildman–Crippen LogP) is 4.92. The molecule has 1 aromatic carbocycles. The Morgan fingerprint density at radius 1 is 1.10 bits per heavy atom. The summed E-state index contributed by atoms with van der Waals surface area (Å²) in [6.45, 7) is 6.10. The molecule has 1 atom stereocenters. The van der Waals surface area contributed by atoms with E-state index in [0.717, 1.165) is 17.5 Å². The van der Waals surface area contributed by atoms with Gasteiger partial charge < -0.3 is 14.5 Å². The first-order chi connectivity index (χ1) is 14.8. The van der Waals surface area contributed by atoms with Crippen molar-refractivity contribution in [2.24, 2.45) is 5.92 Å². The molecule has 0 radical (unpaired) electrons. The molecule has 6 nitrogen and oxygen atoms in total. The lowest BCUT2D eigenvalue weighted by Crippen LogP contribution is -2.59. The second-order valence-electron chi connectivity index (χ2n) is 8.89. The maximum Gasteiger partial charge on any atom is 0.415 e. The summed E-state index contributed by atoms with van der Waals surface area (Å²) in [7, 11) is 0. The lowest BCUT2D eigenvalue weighted by molar-refractivity contribution is -0.142. The molecule has 1 aromatic rings. The van der Waals surface area contributed by atoms with Crippen LogP contribution in [0.25, 0.3) is 0 Å². The molecule has 1 saturated carbocycles. The van der Waals surface area contributed by atoms with Crippen molar-refractivity contribution in [2.75, 3.05) is 19.6 Å². The summed E-state index contributed by atoms with van der Waals surface area (Å²) in [5.41, 5.74) is 1.88. The van der Waals surface area contributed by atoms with E-state index in [1.807, 2.05) is 19.9 Å². The smallest absolute Gasteiger partial charge is 0.409 e. The van der Waals surface area contributed by atoms with E-state index in [1.165, 1.54) is 43.9 Å². The van der Waals surface area contributed by atoms with Crippen LogP contribution in [0.5, 0.6) is 5.75 Å². The number of hydrogen-bond donors (Lipinski definition) is 0. The van der Waals surface area contributed by atoms with Crippen LogP contribution in [0.3, 0.4) is 0 Å². The number of Topliss-reactive ketones (excluding diaryl/α,β-unsaturated/α-hetero) is 1. The summed E-state index contributed by atoms with van der Waals surface area (Å²) in [6.07, 6.45) is 7.00. The SMILES string of the molecule is CC(=O)[C@@H]1CN(C(=O)Oc2ccc(C)c(C)c2Cl)CCN1C(=O)CCC1CCCCC1. The first-order valence-electron chi connectivity index (χ1n) is 11.3. The molecule has 0 N–H and O–H groups in total. The maximum absolute atomic E-state index is 12.9. The zero-order chi connectivity index (χ0) is 22.5. The normalized spacial score (nSPS) is 19.9. The van der Waals surface area contributed by atoms with Gasteiger partial charge in [0.1, 0.15) is 6.04 Å². The van der Waals surface area contributed by atoms with Crippen molar-refractivity contribution in [2.45, 2.75) is 71.8 Å². The van der Waals surface area contributed by atoms with Crippen LogP contribution in [0.1, 0.15) is 63.0 Å². The fourth-order valence-electron chi connectivity index (χ4n) is 4.54. The fourth-order valence-corrected chi connectivity index (χ4v) is 4.79. The van der Waals surface area contributed by atoms with Gasteiger partial charge in [-0.2, -0.15) is 0 Å². The van der Waals surface area contributed by atoms with Crippen molar-refractivity contribution in [3.05, 3.63) is 28.3 Å². The van der Waals surface area contributed by atoms with Gasteiger partial charge in [0.05, 0.1) is 11.6 Å². The maximum atomic E-state index is 12.9. The summed E-state index contributed by atoms with van der Waals surface area (Å²) in [6, 6.07) is 2.90. The number of ketones is 1. The summed E-state index contributed by atoms with van der Waals surface area (Å²) >= 11 is 6.32. The zero-order valence-corrected chi connectivity index (χ0v) is 19.5. The third kappa shape index (κ3) is 5.79. The van der Waals surface area contributed by atoms with Gasteiger partial charge in [-0.25, -0.2) is 4.79 Å². The van der Waals surface area contributed by atoms with E-state index in [-0.39, 0.29) is 18.2 Å². The number of ether oxygens (including phenoxy) is 1. The van der Waals surface area contributed by atoms with E-state index >= 15 is 0 Å². The molecule has 1 aliphatic heterocycles. The average molecular weight is 449 g/mol. The van der Waals surface area contributed by atoms with Gasteiger partial charge in [0.2, 0.25) is 5.91 Å². The highest BCUT2D eigenvalue weighted by Gasteiger charge is 2.36. The highest BCUT2D eigenvalue weighted by Crippen LogP contribution is 2.31. The number of rotatable bonds is 5. The van der Waals surface area contributed by atoms with Gasteiger partial charge in [-0.05, 0) is 50.3 Å². The lowest BCUT2D eigenvalue weighted by atomic mass is 9.86. The molecule has 1 aliphatic carbocycles. The van der Waals surface area contributed by atoms with Gasteiger partial charge >= 0.3 is 6.09 Å². The van der Waals surface area contributed by atoms with Crippen LogP contribution in [-0.2, 0) is 9.59 Å². The molecule has 1 saturated heterocycles. The summed E-state index contributed by atoms with van der Waals surface area (Å²) in [5.74, 6) is 0.816. The van der Waals surface area contributed by atoms with Gasteiger partial charge in [-0.15, -0.1) is 0 Å². The van der Waals surface area contributed by atoms with Crippen molar-refractivity contribution in [3.63, 3.8) is 0 Å². The molecule has 0 unspecified atom stereocenters. The summed E-state index contributed by atoms with van der Waals surface area (Å²) in [4.78, 5) is 41.0. The minimum atomic E-state index is -0.629. The second kappa shape index (κ2) is 10.5. The van der Waals surface area contributed by atoms with Crippen LogP contribution >= 0.6 is 11.6 Å². The number of halogens is 1. The molecule has 1 heterocycles. The third-order valence-electron chi connectivity index (χ3n) is 6.74. The molecule has 7 heteroatoms. The van der Waals surface area contributed by atoms with Gasteiger partial charge in [-0.1, -0.05) is 49.8 Å². The van der Waals surface area contributed by atoms with Crippen LogP contribution in [-0.4, -0.2) is 53.3 Å². The molecule has 2 aliphatic rings. The van der Waals surface area contributed by atoms with E-state index < -0.39 is 12.1 Å². The Hall–Kier alpha value is -2.08. The number of hydrogen-bond acceptors (Lipinski definition) is 4. The Kier molecular flexibility index (Phi) is 7.98. The summed E-state index contributed by atoms with van der Waals surface area (Å²) < 4.78 is 5.51. The molecular weight excluding hydrogens is 416 g/mol. The van der Waals surface area contributed by atoms with Crippen molar-refractivity contribution in [3.8, 4) is 5.75 Å². The van der Waals surface area contributed by atoms with Crippen molar-refractivity contribution >= 4 is 29.4 Å². The van der Waals surface area contributed by atoms with Crippen LogP contribution in [0, 0.1) is 19.8 Å². The highest BCUT2D eigenvalue weighted by molar-refractivity contribution is 6.33. The standard InChI is InChI=1S/C24H33ClN2O4/c1-16-9-11-21(23(25)17(16)2)31-24(30)26-13-14-27(20(15-26)18(3)28)22(29)12-10-19-7-5-4-6-8-19/h9,11,19-20H,4-8,10,12-15H2,1-3H3/t20-/m0/s1. The first-order valence-corrected chi connectivity index (χ1v) is 11.7. The summed E-state index contributed by atoms with van der Waals surface area (Å²) in [5, 5.41) is 0.410. The molecule has 0 aromatic heterocycles. The van der Waals surface area contributed by atoms with E-state index in [2.05, 4.69) is 0 Å². The van der Waals surface area contributed by atoms with Gasteiger partial charge in [-0.3, -0.25) is 9.59 Å². The number of nitrogens with zero attached hydrogens (tertiary/aromatic N) is 2. The van der Waals surface area contributed by atoms with Gasteiger partial charge in [0.25, 0.3) is 0 Å². The fraction of sp³-hybridized carbons (Fsp3) is 0.625. The highest BCUT2D eigenvalue weighted by atomic mass is 35.5. The quantitative estimate of drug-likeness (QED) is 0.641. The van der Waals surface area contributed by atoms with Crippen molar-refractivity contribution in [1.82, 2.24) is 9.80 Å². The number of piperazine rings is 1. The minimum Gasteiger partial charge on any atom is -0.409 e. The Morgan fingerprint density at radius 3 is 2.48 bits per heavy atom. The molecular formula is C24H33ClN2O4. The Bertz CT molecular complexity index is 835. The van der Waals surface area contributed by atoms with Crippen molar-refractivity contribution in [1.29, 1.82) is 0 Å². The minimum absolute atomic E-state index is 0.0102. The molecule has 3 rings (SSSR count). The predicted molar refractivity (Wildman–Crippen MR) is 121 cm³/mol. The topological polar surface area (TPSA) is 66.9 Å². The molecule has 31 heavy (non-hydrogen) atoms. The van der Waals surface area contributed by atoms with E-state index in [4.69, 9.17) is 16.3 Å². The Morgan fingerprint density at radius 2 is 1.81 bits per heavy atom. The van der Waals surface area contributed by atoms with Crippen molar-refractivity contribution < 1.29 is 19.1 Å². The molecule has 2 amide bonds. The monoisotopic (exact) mass is 448 g/mol. The van der Waals surface area contributed by atoms with Crippen LogP contribution < -0.4 is 4.74 Å². The number of aryl methyl sites for hydroxylation is 1. The number of benzene rings is 1. The second-order valence-corrected chi connectivity index (χ2v) is 9.27. The average Bonchev–Trinajstić information content (AvgIpc) is 2.78. The van der Waals surface area contributed by atoms with Crippen LogP contribution in [0.15, 0.2) is 12.1 Å². The van der Waals surface area contributed by atoms with E-state index in [9.17, 15) is 14.4 Å². The zero-order valence-electron chi connectivity index (χ0n) is 18.8. The van der Waals surface area contributed by atoms with Crippen LogP contribution in [0.4, 0.5) is 4.79 Å².